The molecule has 16 nitrogen and oxygen atoms in total. The number of hydrogen-bond acceptors (Lipinski definition) is 9. The van der Waals surface area contributed by atoms with Gasteiger partial charge in [0.1, 0.15) is 36.4 Å². The summed E-state index contributed by atoms with van der Waals surface area (Å²) in [4.78, 5) is 87.7. The number of likely N-dealkylation sites (N-methyl/N-ethyl adjacent to an activating group) is 2. The van der Waals surface area contributed by atoms with Gasteiger partial charge in [0.15, 0.2) is 5.41 Å². The monoisotopic (exact) mass is 1030 g/mol. The molecule has 6 amide bonds. The first-order chi connectivity index (χ1) is 32.6. The van der Waals surface area contributed by atoms with Crippen LogP contribution in [0.4, 0.5) is 26.3 Å². The quantitative estimate of drug-likeness (QED) is 0.198. The van der Waals surface area contributed by atoms with E-state index in [0.29, 0.717) is 52.3 Å². The van der Waals surface area contributed by atoms with Crippen LogP contribution in [0.1, 0.15) is 83.6 Å². The number of allylic oxidation sites excluding steroid dienone is 2. The molecule has 70 heavy (non-hydrogen) atoms. The molecule has 3 N–H and O–H groups in total. The molecule has 0 unspecified atom stereocenters. The van der Waals surface area contributed by atoms with E-state index in [1.807, 2.05) is 19.9 Å². The number of amides is 6. The van der Waals surface area contributed by atoms with Gasteiger partial charge in [0.2, 0.25) is 35.4 Å². The maximum atomic E-state index is 14.9. The van der Waals surface area contributed by atoms with Gasteiger partial charge in [0.05, 0.1) is 25.2 Å². The molecule has 1 saturated heterocycles. The summed E-state index contributed by atoms with van der Waals surface area (Å²) in [5.41, 5.74) is -2.15. The van der Waals surface area contributed by atoms with Crippen molar-refractivity contribution in [3.8, 4) is 11.1 Å². The van der Waals surface area contributed by atoms with E-state index in [1.54, 1.807) is 24.3 Å². The highest BCUT2D eigenvalue weighted by atomic mass is 35.5. The average molecular weight is 1030 g/mol. The van der Waals surface area contributed by atoms with Crippen molar-refractivity contribution in [1.82, 2.24) is 39.8 Å². The fourth-order valence-electron chi connectivity index (χ4n) is 9.42. The molecule has 0 spiro atoms. The fraction of sp³-hybridized carbons (Fsp3) is 0.630. The van der Waals surface area contributed by atoms with Crippen LogP contribution in [0.3, 0.4) is 0 Å². The lowest BCUT2D eigenvalue weighted by Crippen LogP contribution is -2.65. The summed E-state index contributed by atoms with van der Waals surface area (Å²) in [6.45, 7) is 2.90. The number of benzene rings is 1. The third-order valence-electron chi connectivity index (χ3n) is 13.4. The third-order valence-corrected chi connectivity index (χ3v) is 14.5. The van der Waals surface area contributed by atoms with E-state index in [0.717, 1.165) is 15.2 Å². The van der Waals surface area contributed by atoms with Crippen LogP contribution in [-0.2, 0) is 45.2 Å². The molecule has 2 saturated carbocycles. The van der Waals surface area contributed by atoms with Crippen LogP contribution in [-0.4, -0.2) is 150 Å². The molecule has 0 bridgehead atoms. The Morgan fingerprint density at radius 2 is 1.71 bits per heavy atom. The Morgan fingerprint density at radius 3 is 2.31 bits per heavy atom. The summed E-state index contributed by atoms with van der Waals surface area (Å²) in [6.07, 6.45) is -2.47. The minimum Gasteiger partial charge on any atom is -0.354 e. The van der Waals surface area contributed by atoms with Gasteiger partial charge in [0.25, 0.3) is 15.9 Å². The second kappa shape index (κ2) is 21.3. The van der Waals surface area contributed by atoms with Gasteiger partial charge in [-0.2, -0.15) is 22.4 Å². The second-order valence-corrected chi connectivity index (χ2v) is 21.7. The molecular weight excluding hydrogens is 974 g/mol. The molecule has 6 rings (SSSR count). The van der Waals surface area contributed by atoms with Gasteiger partial charge in [-0.05, 0) is 80.0 Å². The van der Waals surface area contributed by atoms with Crippen molar-refractivity contribution >= 4 is 57.1 Å². The normalized spacial score (nSPS) is 25.2. The first-order valence-electron chi connectivity index (χ1n) is 23.1. The third kappa shape index (κ3) is 12.3. The van der Waals surface area contributed by atoms with Crippen molar-refractivity contribution in [2.75, 3.05) is 33.4 Å². The SMILES string of the molecule is CC(C)C[C@@H]1NC(=O)[C@@H](N(C)C(=O)[C@@H](NC(=O)[C@@H]2C[C@@H](F)CN2C(=O)C2(C(F)(F)F)CC(F)(F)C2)C2CC2)CCC=CCCCNC(=O)[C@H](Cc2cc(Cl)ccc2-c2cnn(S(C)(=O)=O)c2)N(C)C1=O. The van der Waals surface area contributed by atoms with Crippen molar-refractivity contribution in [1.29, 1.82) is 0 Å². The molecule has 3 heterocycles. The number of hydrogen-bond donors (Lipinski definition) is 3. The van der Waals surface area contributed by atoms with Gasteiger partial charge in [-0.25, -0.2) is 21.6 Å². The Labute approximate surface area is 407 Å². The highest BCUT2D eigenvalue weighted by Crippen LogP contribution is 2.61. The van der Waals surface area contributed by atoms with Crippen LogP contribution >= 0.6 is 11.6 Å². The topological polar surface area (TPSA) is 200 Å². The summed E-state index contributed by atoms with van der Waals surface area (Å²) < 4.78 is 111. The van der Waals surface area contributed by atoms with E-state index < -0.39 is 131 Å². The molecular formula is C46H59ClF6N8O8S. The lowest BCUT2D eigenvalue weighted by molar-refractivity contribution is -0.299. The summed E-state index contributed by atoms with van der Waals surface area (Å²) in [5.74, 6) is -10.2. The fourth-order valence-corrected chi connectivity index (χ4v) is 10.1. The molecule has 4 aliphatic rings. The number of alkyl halides is 6. The first-order valence-corrected chi connectivity index (χ1v) is 25.4. The summed E-state index contributed by atoms with van der Waals surface area (Å²) in [6, 6.07) is -2.13. The van der Waals surface area contributed by atoms with E-state index in [9.17, 15) is 63.5 Å². The Balaban J connectivity index is 1.25. The lowest BCUT2D eigenvalue weighted by atomic mass is 9.64. The first kappa shape index (κ1) is 54.1. The van der Waals surface area contributed by atoms with Crippen molar-refractivity contribution < 1.29 is 63.5 Å². The van der Waals surface area contributed by atoms with E-state index >= 15 is 0 Å². The number of rotatable bonds is 12. The average Bonchev–Trinajstić information content (AvgIpc) is 3.83. The van der Waals surface area contributed by atoms with Crippen LogP contribution in [0, 0.1) is 17.3 Å². The van der Waals surface area contributed by atoms with Crippen molar-refractivity contribution in [3.05, 3.63) is 53.3 Å². The van der Waals surface area contributed by atoms with Crippen LogP contribution in [0.25, 0.3) is 11.1 Å². The van der Waals surface area contributed by atoms with Gasteiger partial charge in [-0.3, -0.25) is 28.8 Å². The zero-order valence-electron chi connectivity index (χ0n) is 39.4. The Kier molecular flexibility index (Phi) is 16.4. The van der Waals surface area contributed by atoms with Gasteiger partial charge in [-0.15, -0.1) is 0 Å². The number of nitrogens with zero attached hydrogens (tertiary/aromatic N) is 5. The minimum atomic E-state index is -5.42. The van der Waals surface area contributed by atoms with Gasteiger partial charge in [0, 0.05) is 56.9 Å². The van der Waals surface area contributed by atoms with Crippen molar-refractivity contribution in [2.24, 2.45) is 17.3 Å². The maximum absolute atomic E-state index is 14.9. The van der Waals surface area contributed by atoms with Crippen molar-refractivity contribution in [3.63, 3.8) is 0 Å². The number of halogens is 7. The summed E-state index contributed by atoms with van der Waals surface area (Å²) >= 11 is 6.44. The molecule has 3 fully saturated rings. The van der Waals surface area contributed by atoms with E-state index in [-0.39, 0.29) is 38.1 Å². The van der Waals surface area contributed by atoms with Crippen LogP contribution < -0.4 is 16.0 Å². The van der Waals surface area contributed by atoms with Crippen LogP contribution in [0.15, 0.2) is 42.7 Å². The van der Waals surface area contributed by atoms with Gasteiger partial charge in [-0.1, -0.05) is 43.7 Å². The lowest BCUT2D eigenvalue weighted by Gasteiger charge is -2.48. The molecule has 2 aliphatic heterocycles. The number of likely N-dealkylation sites (tertiary alicyclic amines) is 1. The van der Waals surface area contributed by atoms with Crippen LogP contribution in [0.2, 0.25) is 5.02 Å². The Hall–Kier alpha value is -5.19. The number of aromatic nitrogens is 2. The standard InChI is InChI=1S/C46H59ClF6N8O8S/c1-26(2)17-33-41(65)59(4)35(19-28-18-30(47)14-15-32(28)29-21-55-61(22-29)70(5,68)69)38(62)54-16-10-8-6-7-9-11-34(39(63)56-33)58(3)42(66)37(27-12-13-27)57-40(64)36-20-31(48)23-60(36)43(67)44(46(51,52)53)24-45(49,50)25-44/h6-7,14-15,18,21-22,26-27,31,33-37H,8-13,16-17,19-20,23-25H2,1-5H3,(H,54,62)(H,56,63)(H,57,64)/t31-,33+,34+,35+,36+,37+/m1/s1. The predicted molar refractivity (Wildman–Crippen MR) is 244 cm³/mol. The smallest absolute Gasteiger partial charge is 0.354 e. The minimum absolute atomic E-state index is 0.0275. The number of carbonyl (C=O) groups excluding carboxylic acids is 6. The number of nitrogens with one attached hydrogen (secondary N) is 3. The summed E-state index contributed by atoms with van der Waals surface area (Å²) in [7, 11) is -1.02. The zero-order chi connectivity index (χ0) is 51.7. The molecule has 6 atom stereocenters. The highest BCUT2D eigenvalue weighted by molar-refractivity contribution is 7.89. The Bertz CT molecular complexity index is 2460. The van der Waals surface area contributed by atoms with Gasteiger partial charge < -0.3 is 30.7 Å². The zero-order valence-corrected chi connectivity index (χ0v) is 41.0. The van der Waals surface area contributed by atoms with E-state index in [4.69, 9.17) is 11.6 Å². The van der Waals surface area contributed by atoms with E-state index in [1.165, 1.54) is 31.4 Å². The highest BCUT2D eigenvalue weighted by Gasteiger charge is 2.75. The molecule has 0 radical (unpaired) electrons. The molecule has 24 heteroatoms. The van der Waals surface area contributed by atoms with Gasteiger partial charge >= 0.3 is 6.18 Å². The molecule has 2 aromatic rings. The van der Waals surface area contributed by atoms with E-state index in [2.05, 4.69) is 21.0 Å². The molecule has 1 aromatic heterocycles. The molecule has 1 aromatic carbocycles. The van der Waals surface area contributed by atoms with Crippen LogP contribution in [0.5, 0.6) is 0 Å². The van der Waals surface area contributed by atoms with Crippen molar-refractivity contribution in [2.45, 2.75) is 133 Å². The number of carbonyl (C=O) groups is 6. The molecule has 386 valence electrons. The second-order valence-electron chi connectivity index (χ2n) is 19.4. The predicted octanol–water partition coefficient (Wildman–Crippen LogP) is 4.80. The molecule has 2 aliphatic carbocycles. The maximum Gasteiger partial charge on any atom is 0.403 e. The Morgan fingerprint density at radius 1 is 1.04 bits per heavy atom. The largest absolute Gasteiger partial charge is 0.403 e. The summed E-state index contributed by atoms with van der Waals surface area (Å²) in [5, 5.41) is 12.5.